The van der Waals surface area contributed by atoms with Crippen molar-refractivity contribution in [2.45, 2.75) is 33.9 Å². The number of carbonyl (C=O) groups excluding carboxylic acids is 1. The fourth-order valence-electron chi connectivity index (χ4n) is 1.86. The van der Waals surface area contributed by atoms with Crippen molar-refractivity contribution in [1.82, 2.24) is 15.0 Å². The second-order valence-electron chi connectivity index (χ2n) is 5.22. The summed E-state index contributed by atoms with van der Waals surface area (Å²) in [6, 6.07) is 7.79. The summed E-state index contributed by atoms with van der Waals surface area (Å²) in [7, 11) is 0. The lowest BCUT2D eigenvalue weighted by atomic mass is 10.2. The van der Waals surface area contributed by atoms with Crippen LogP contribution in [0.25, 0.3) is 0 Å². The lowest BCUT2D eigenvalue weighted by Crippen LogP contribution is -2.12. The van der Waals surface area contributed by atoms with Crippen molar-refractivity contribution in [3.05, 3.63) is 41.2 Å². The van der Waals surface area contributed by atoms with E-state index in [-0.39, 0.29) is 6.61 Å². The minimum atomic E-state index is 0.289. The van der Waals surface area contributed by atoms with Crippen molar-refractivity contribution in [3.8, 4) is 5.75 Å². The molecule has 0 aliphatic heterocycles. The van der Waals surface area contributed by atoms with Crippen LogP contribution < -0.4 is 4.74 Å². The molecule has 0 aliphatic rings. The number of hydrogen-bond donors (Lipinski definition) is 0. The second-order valence-corrected chi connectivity index (χ2v) is 5.22. The van der Waals surface area contributed by atoms with Crippen LogP contribution in [0.2, 0.25) is 0 Å². The number of aldehydes is 1. The Morgan fingerprint density at radius 2 is 2.00 bits per heavy atom. The van der Waals surface area contributed by atoms with Crippen LogP contribution in [0.4, 0.5) is 0 Å². The van der Waals surface area contributed by atoms with Gasteiger partial charge in [0.1, 0.15) is 18.1 Å². The van der Waals surface area contributed by atoms with Crippen LogP contribution >= 0.6 is 0 Å². The third kappa shape index (κ3) is 3.44. The molecule has 106 valence electrons. The Bertz CT molecular complexity index is 573. The summed E-state index contributed by atoms with van der Waals surface area (Å²) in [4.78, 5) is 11.0. The van der Waals surface area contributed by atoms with Gasteiger partial charge in [0.25, 0.3) is 0 Å². The van der Waals surface area contributed by atoms with Gasteiger partial charge in [-0.2, -0.15) is 0 Å². The van der Waals surface area contributed by atoms with E-state index >= 15 is 0 Å². The molecule has 20 heavy (non-hydrogen) atoms. The molecular formula is C15H19N3O2. The molecule has 0 radical (unpaired) electrons. The Morgan fingerprint density at radius 1 is 1.30 bits per heavy atom. The van der Waals surface area contributed by atoms with Crippen LogP contribution in [0.15, 0.2) is 24.3 Å². The Balaban J connectivity index is 2.12. The molecule has 0 saturated heterocycles. The SMILES string of the molecule is Cc1ccc(OCc2c(C=O)nnn2CC(C)C)cc1. The van der Waals surface area contributed by atoms with Crippen LogP contribution in [0.1, 0.15) is 35.6 Å². The highest BCUT2D eigenvalue weighted by Gasteiger charge is 2.13. The van der Waals surface area contributed by atoms with Gasteiger partial charge >= 0.3 is 0 Å². The third-order valence-electron chi connectivity index (χ3n) is 2.91. The Labute approximate surface area is 118 Å². The summed E-state index contributed by atoms with van der Waals surface area (Å²) in [5.41, 5.74) is 2.24. The monoisotopic (exact) mass is 273 g/mol. The summed E-state index contributed by atoms with van der Waals surface area (Å²) in [6.07, 6.45) is 0.720. The van der Waals surface area contributed by atoms with Gasteiger partial charge in [0.15, 0.2) is 12.0 Å². The van der Waals surface area contributed by atoms with Gasteiger partial charge < -0.3 is 4.74 Å². The molecule has 1 aromatic heterocycles. The maximum Gasteiger partial charge on any atom is 0.172 e. The molecule has 1 aromatic carbocycles. The summed E-state index contributed by atoms with van der Waals surface area (Å²) < 4.78 is 7.45. The zero-order chi connectivity index (χ0) is 14.5. The first-order chi connectivity index (χ1) is 9.60. The maximum atomic E-state index is 11.0. The lowest BCUT2D eigenvalue weighted by molar-refractivity contribution is 0.111. The first kappa shape index (κ1) is 14.2. The molecule has 5 heteroatoms. The zero-order valence-electron chi connectivity index (χ0n) is 12.0. The van der Waals surface area contributed by atoms with Crippen LogP contribution in [-0.4, -0.2) is 21.3 Å². The predicted molar refractivity (Wildman–Crippen MR) is 75.8 cm³/mol. The van der Waals surface area contributed by atoms with E-state index < -0.39 is 0 Å². The van der Waals surface area contributed by atoms with Gasteiger partial charge in [0.05, 0.1) is 0 Å². The number of rotatable bonds is 6. The van der Waals surface area contributed by atoms with Gasteiger partial charge in [-0.1, -0.05) is 36.8 Å². The number of hydrogen-bond acceptors (Lipinski definition) is 4. The fourth-order valence-corrected chi connectivity index (χ4v) is 1.86. The summed E-state index contributed by atoms with van der Waals surface area (Å²) in [5, 5.41) is 7.89. The smallest absolute Gasteiger partial charge is 0.172 e. The van der Waals surface area contributed by atoms with E-state index in [2.05, 4.69) is 24.2 Å². The summed E-state index contributed by atoms with van der Waals surface area (Å²) >= 11 is 0. The summed E-state index contributed by atoms with van der Waals surface area (Å²) in [6.45, 7) is 7.21. The minimum absolute atomic E-state index is 0.289. The Kier molecular flexibility index (Phi) is 4.50. The number of nitrogens with zero attached hydrogens (tertiary/aromatic N) is 3. The molecule has 0 spiro atoms. The van der Waals surface area contributed by atoms with Gasteiger partial charge in [-0.05, 0) is 25.0 Å². The molecule has 0 unspecified atom stereocenters. The molecule has 0 aliphatic carbocycles. The minimum Gasteiger partial charge on any atom is -0.487 e. The molecule has 0 N–H and O–H groups in total. The van der Waals surface area contributed by atoms with Crippen molar-refractivity contribution in [2.24, 2.45) is 5.92 Å². The van der Waals surface area contributed by atoms with Gasteiger partial charge in [-0.3, -0.25) is 4.79 Å². The van der Waals surface area contributed by atoms with Crippen molar-refractivity contribution < 1.29 is 9.53 Å². The van der Waals surface area contributed by atoms with Crippen LogP contribution in [-0.2, 0) is 13.2 Å². The maximum absolute atomic E-state index is 11.0. The van der Waals surface area contributed by atoms with Crippen LogP contribution in [0.3, 0.4) is 0 Å². The third-order valence-corrected chi connectivity index (χ3v) is 2.91. The molecular weight excluding hydrogens is 254 g/mol. The molecule has 1 heterocycles. The molecule has 0 amide bonds. The van der Waals surface area contributed by atoms with Crippen molar-refractivity contribution >= 4 is 6.29 Å². The average Bonchev–Trinajstić information content (AvgIpc) is 2.79. The quantitative estimate of drug-likeness (QED) is 0.759. The lowest BCUT2D eigenvalue weighted by Gasteiger charge is -2.10. The van der Waals surface area contributed by atoms with Crippen LogP contribution in [0.5, 0.6) is 5.75 Å². The van der Waals surface area contributed by atoms with E-state index in [1.807, 2.05) is 31.2 Å². The average molecular weight is 273 g/mol. The van der Waals surface area contributed by atoms with Gasteiger partial charge in [0.2, 0.25) is 0 Å². The largest absolute Gasteiger partial charge is 0.487 e. The van der Waals surface area contributed by atoms with E-state index in [4.69, 9.17) is 4.74 Å². The van der Waals surface area contributed by atoms with Crippen molar-refractivity contribution in [2.75, 3.05) is 0 Å². The highest BCUT2D eigenvalue weighted by molar-refractivity contribution is 5.73. The van der Waals surface area contributed by atoms with Crippen LogP contribution in [0, 0.1) is 12.8 Å². The van der Waals surface area contributed by atoms with Gasteiger partial charge in [0, 0.05) is 6.54 Å². The highest BCUT2D eigenvalue weighted by atomic mass is 16.5. The van der Waals surface area contributed by atoms with Crippen molar-refractivity contribution in [1.29, 1.82) is 0 Å². The van der Waals surface area contributed by atoms with Crippen molar-refractivity contribution in [3.63, 3.8) is 0 Å². The van der Waals surface area contributed by atoms with E-state index in [1.54, 1.807) is 4.68 Å². The number of benzene rings is 1. The first-order valence-electron chi connectivity index (χ1n) is 6.67. The molecule has 0 atom stereocenters. The molecule has 0 bridgehead atoms. The highest BCUT2D eigenvalue weighted by Crippen LogP contribution is 2.15. The zero-order valence-corrected chi connectivity index (χ0v) is 12.0. The topological polar surface area (TPSA) is 57.0 Å². The second kappa shape index (κ2) is 6.32. The van der Waals surface area contributed by atoms with E-state index in [1.165, 1.54) is 5.56 Å². The summed E-state index contributed by atoms with van der Waals surface area (Å²) in [5.74, 6) is 1.19. The predicted octanol–water partition coefficient (Wildman–Crippen LogP) is 2.63. The molecule has 2 rings (SSSR count). The normalized spacial score (nSPS) is 10.8. The van der Waals surface area contributed by atoms with E-state index in [0.717, 1.165) is 12.0 Å². The first-order valence-corrected chi connectivity index (χ1v) is 6.67. The number of aromatic nitrogens is 3. The van der Waals surface area contributed by atoms with E-state index in [0.29, 0.717) is 23.9 Å². The molecule has 5 nitrogen and oxygen atoms in total. The Hall–Kier alpha value is -2.17. The molecule has 2 aromatic rings. The standard InChI is InChI=1S/C15H19N3O2/c1-11(2)8-18-15(14(9-19)16-17-18)10-20-13-6-4-12(3)5-7-13/h4-7,9,11H,8,10H2,1-3H3. The number of ether oxygens (including phenoxy) is 1. The van der Waals surface area contributed by atoms with E-state index in [9.17, 15) is 4.79 Å². The van der Waals surface area contributed by atoms with Gasteiger partial charge in [-0.25, -0.2) is 4.68 Å². The number of aryl methyl sites for hydroxylation is 1. The fraction of sp³-hybridized carbons (Fsp3) is 0.400. The molecule has 0 fully saturated rings. The van der Waals surface area contributed by atoms with Gasteiger partial charge in [-0.15, -0.1) is 5.10 Å². The Morgan fingerprint density at radius 3 is 2.60 bits per heavy atom. The molecule has 0 saturated carbocycles. The number of carbonyl (C=O) groups is 1.